The molecular weight excluding hydrogens is 270 g/mol. The molecule has 0 saturated heterocycles. The van der Waals surface area contributed by atoms with Crippen molar-refractivity contribution in [2.75, 3.05) is 33.7 Å². The molecule has 1 aromatic carbocycles. The molecule has 0 bridgehead atoms. The third-order valence-electron chi connectivity index (χ3n) is 3.45. The zero-order chi connectivity index (χ0) is 15.1. The highest BCUT2D eigenvalue weighted by atomic mass is 35.5. The SMILES string of the molecule is CCCN(CCN(C)C)C(c1ccc(Cl)cc1)C(C)N. The molecule has 3 nitrogen and oxygen atoms in total. The van der Waals surface area contributed by atoms with Crippen LogP contribution < -0.4 is 5.73 Å². The van der Waals surface area contributed by atoms with Gasteiger partial charge in [0.2, 0.25) is 0 Å². The minimum atomic E-state index is 0.0879. The van der Waals surface area contributed by atoms with Crippen LogP contribution in [-0.2, 0) is 0 Å². The summed E-state index contributed by atoms with van der Waals surface area (Å²) < 4.78 is 0. The van der Waals surface area contributed by atoms with Gasteiger partial charge in [-0.05, 0) is 51.7 Å². The first kappa shape index (κ1) is 17.4. The van der Waals surface area contributed by atoms with Gasteiger partial charge in [0.1, 0.15) is 0 Å². The number of nitrogens with two attached hydrogens (primary N) is 1. The van der Waals surface area contributed by atoms with Crippen LogP contribution in [0.4, 0.5) is 0 Å². The predicted molar refractivity (Wildman–Crippen MR) is 88.3 cm³/mol. The first-order valence-corrected chi connectivity index (χ1v) is 7.73. The minimum Gasteiger partial charge on any atom is -0.326 e. The van der Waals surface area contributed by atoms with Gasteiger partial charge in [-0.3, -0.25) is 4.90 Å². The lowest BCUT2D eigenvalue weighted by molar-refractivity contribution is 0.161. The van der Waals surface area contributed by atoms with Gasteiger partial charge in [0, 0.05) is 30.2 Å². The monoisotopic (exact) mass is 297 g/mol. The van der Waals surface area contributed by atoms with Crippen molar-refractivity contribution in [2.24, 2.45) is 5.73 Å². The van der Waals surface area contributed by atoms with Crippen molar-refractivity contribution in [3.05, 3.63) is 34.9 Å². The van der Waals surface area contributed by atoms with E-state index < -0.39 is 0 Å². The lowest BCUT2D eigenvalue weighted by Gasteiger charge is -2.35. The quantitative estimate of drug-likeness (QED) is 0.800. The van der Waals surface area contributed by atoms with Crippen LogP contribution in [0.1, 0.15) is 31.9 Å². The van der Waals surface area contributed by atoms with E-state index in [1.807, 2.05) is 12.1 Å². The van der Waals surface area contributed by atoms with Gasteiger partial charge in [0.25, 0.3) is 0 Å². The lowest BCUT2D eigenvalue weighted by atomic mass is 9.99. The largest absolute Gasteiger partial charge is 0.326 e. The highest BCUT2D eigenvalue weighted by molar-refractivity contribution is 6.30. The maximum atomic E-state index is 6.26. The van der Waals surface area contributed by atoms with Crippen molar-refractivity contribution >= 4 is 11.6 Å². The second-order valence-corrected chi connectivity index (χ2v) is 6.13. The molecule has 1 rings (SSSR count). The fourth-order valence-electron chi connectivity index (χ4n) is 2.51. The van der Waals surface area contributed by atoms with Crippen LogP contribution in [0.15, 0.2) is 24.3 Å². The Hall–Kier alpha value is -0.610. The molecule has 20 heavy (non-hydrogen) atoms. The topological polar surface area (TPSA) is 32.5 Å². The standard InChI is InChI=1S/C16H28ClN3/c1-5-10-20(12-11-19(3)4)16(13(2)18)14-6-8-15(17)9-7-14/h6-9,13,16H,5,10-12,18H2,1-4H3. The van der Waals surface area contributed by atoms with Gasteiger partial charge >= 0.3 is 0 Å². The van der Waals surface area contributed by atoms with E-state index in [1.165, 1.54) is 5.56 Å². The van der Waals surface area contributed by atoms with Gasteiger partial charge < -0.3 is 10.6 Å². The van der Waals surface area contributed by atoms with E-state index in [0.29, 0.717) is 0 Å². The molecule has 0 radical (unpaired) electrons. The Morgan fingerprint density at radius 3 is 2.15 bits per heavy atom. The fourth-order valence-corrected chi connectivity index (χ4v) is 2.64. The van der Waals surface area contributed by atoms with Crippen LogP contribution in [0.5, 0.6) is 0 Å². The van der Waals surface area contributed by atoms with Crippen molar-refractivity contribution in [2.45, 2.75) is 32.4 Å². The summed E-state index contributed by atoms with van der Waals surface area (Å²) in [4.78, 5) is 4.69. The zero-order valence-corrected chi connectivity index (χ0v) is 13.9. The van der Waals surface area contributed by atoms with Gasteiger partial charge in [0.05, 0.1) is 0 Å². The van der Waals surface area contributed by atoms with E-state index in [-0.39, 0.29) is 12.1 Å². The van der Waals surface area contributed by atoms with Gasteiger partial charge in [-0.2, -0.15) is 0 Å². The third kappa shape index (κ3) is 5.41. The molecule has 0 spiro atoms. The Bertz CT molecular complexity index is 376. The number of nitrogens with zero attached hydrogens (tertiary/aromatic N) is 2. The Morgan fingerprint density at radius 1 is 1.10 bits per heavy atom. The van der Waals surface area contributed by atoms with Gasteiger partial charge in [0.15, 0.2) is 0 Å². The number of hydrogen-bond acceptors (Lipinski definition) is 3. The third-order valence-corrected chi connectivity index (χ3v) is 3.70. The van der Waals surface area contributed by atoms with Crippen LogP contribution >= 0.6 is 11.6 Å². The Labute approximate surface area is 128 Å². The van der Waals surface area contributed by atoms with E-state index in [4.69, 9.17) is 17.3 Å². The molecule has 2 unspecified atom stereocenters. The molecule has 0 fully saturated rings. The van der Waals surface area contributed by atoms with E-state index in [1.54, 1.807) is 0 Å². The molecule has 4 heteroatoms. The molecule has 0 aliphatic heterocycles. The van der Waals surface area contributed by atoms with E-state index in [9.17, 15) is 0 Å². The number of rotatable bonds is 8. The summed E-state index contributed by atoms with van der Waals surface area (Å²) in [6, 6.07) is 8.41. The number of halogens is 1. The maximum absolute atomic E-state index is 6.26. The Balaban J connectivity index is 2.91. The van der Waals surface area contributed by atoms with Gasteiger partial charge in [-0.25, -0.2) is 0 Å². The van der Waals surface area contributed by atoms with Crippen LogP contribution in [-0.4, -0.2) is 49.6 Å². The summed E-state index contributed by atoms with van der Waals surface area (Å²) in [5.74, 6) is 0. The molecule has 0 saturated carbocycles. The normalized spacial score (nSPS) is 14.8. The molecule has 0 aliphatic rings. The molecule has 1 aromatic rings. The van der Waals surface area contributed by atoms with Crippen molar-refractivity contribution in [1.82, 2.24) is 9.80 Å². The molecule has 2 atom stereocenters. The van der Waals surface area contributed by atoms with E-state index in [2.05, 4.69) is 49.9 Å². The van der Waals surface area contributed by atoms with Crippen LogP contribution in [0.2, 0.25) is 5.02 Å². The summed E-state index contributed by atoms with van der Waals surface area (Å²) >= 11 is 5.99. The minimum absolute atomic E-state index is 0.0879. The second kappa shape index (κ2) is 8.63. The summed E-state index contributed by atoms with van der Waals surface area (Å²) in [5, 5.41) is 0.771. The molecule has 2 N–H and O–H groups in total. The highest BCUT2D eigenvalue weighted by Crippen LogP contribution is 2.25. The summed E-state index contributed by atoms with van der Waals surface area (Å²) in [6.07, 6.45) is 1.13. The number of likely N-dealkylation sites (N-methyl/N-ethyl adjacent to an activating group) is 1. The summed E-state index contributed by atoms with van der Waals surface area (Å²) in [7, 11) is 4.21. The average molecular weight is 298 g/mol. The van der Waals surface area contributed by atoms with Crippen LogP contribution in [0, 0.1) is 0 Å². The van der Waals surface area contributed by atoms with Crippen molar-refractivity contribution < 1.29 is 0 Å². The molecule has 0 aromatic heterocycles. The Morgan fingerprint density at radius 2 is 1.70 bits per heavy atom. The maximum Gasteiger partial charge on any atom is 0.0497 e. The van der Waals surface area contributed by atoms with Crippen molar-refractivity contribution in [1.29, 1.82) is 0 Å². The van der Waals surface area contributed by atoms with E-state index in [0.717, 1.165) is 31.1 Å². The Kier molecular flexibility index (Phi) is 7.52. The van der Waals surface area contributed by atoms with Crippen LogP contribution in [0.3, 0.4) is 0 Å². The van der Waals surface area contributed by atoms with Crippen molar-refractivity contribution in [3.63, 3.8) is 0 Å². The first-order valence-electron chi connectivity index (χ1n) is 7.35. The smallest absolute Gasteiger partial charge is 0.0497 e. The molecule has 0 aliphatic carbocycles. The van der Waals surface area contributed by atoms with Gasteiger partial charge in [-0.1, -0.05) is 30.7 Å². The fraction of sp³-hybridized carbons (Fsp3) is 0.625. The average Bonchev–Trinajstić information content (AvgIpc) is 2.38. The predicted octanol–water partition coefficient (Wildman–Crippen LogP) is 3.00. The molecule has 0 amide bonds. The zero-order valence-electron chi connectivity index (χ0n) is 13.1. The summed E-state index contributed by atoms with van der Waals surface area (Å²) in [6.45, 7) is 7.41. The number of benzene rings is 1. The van der Waals surface area contributed by atoms with Gasteiger partial charge in [-0.15, -0.1) is 0 Å². The summed E-state index contributed by atoms with van der Waals surface area (Å²) in [5.41, 5.74) is 7.50. The highest BCUT2D eigenvalue weighted by Gasteiger charge is 2.23. The van der Waals surface area contributed by atoms with Crippen LogP contribution in [0.25, 0.3) is 0 Å². The molecule has 0 heterocycles. The second-order valence-electron chi connectivity index (χ2n) is 5.69. The van der Waals surface area contributed by atoms with E-state index >= 15 is 0 Å². The lowest BCUT2D eigenvalue weighted by Crippen LogP contribution is -2.42. The van der Waals surface area contributed by atoms with Crippen molar-refractivity contribution in [3.8, 4) is 0 Å². The molecular formula is C16H28ClN3. The molecule has 114 valence electrons. The first-order chi connectivity index (χ1) is 9.45. The number of hydrogen-bond donors (Lipinski definition) is 1.